The van der Waals surface area contributed by atoms with Crippen molar-refractivity contribution < 1.29 is 23.2 Å². The van der Waals surface area contributed by atoms with E-state index in [2.05, 4.69) is 25.9 Å². The Bertz CT molecular complexity index is 2540. The number of hydrogen-bond donors (Lipinski definition) is 0. The number of likely N-dealkylation sites (tertiary alicyclic amines) is 2. The van der Waals surface area contributed by atoms with Crippen LogP contribution in [0.25, 0.3) is 5.65 Å². The van der Waals surface area contributed by atoms with Crippen molar-refractivity contribution in [1.82, 2.24) is 38.8 Å². The number of hydrogen-bond acceptors (Lipinski definition) is 9. The van der Waals surface area contributed by atoms with Gasteiger partial charge >= 0.3 is 5.69 Å². The van der Waals surface area contributed by atoms with Gasteiger partial charge in [0.25, 0.3) is 23.6 Å². The van der Waals surface area contributed by atoms with Crippen LogP contribution in [0.1, 0.15) is 88.0 Å². The molecule has 0 radical (unpaired) electrons. The molecule has 1 atom stereocenters. The number of rotatable bonds is 10. The Morgan fingerprint density at radius 1 is 0.783 bits per heavy atom. The number of aryl methyl sites for hydroxylation is 1. The molecule has 4 aromatic heterocycles. The minimum absolute atomic E-state index is 0.0105. The first kappa shape index (κ1) is 38.0. The van der Waals surface area contributed by atoms with Crippen LogP contribution in [0.3, 0.4) is 0 Å². The fourth-order valence-corrected chi connectivity index (χ4v) is 9.03. The number of nitrogens with zero attached hydrogens (tertiary/aromatic N) is 10. The minimum Gasteiger partial charge on any atom is -0.338 e. The number of pyridine rings is 3. The van der Waals surface area contributed by atoms with E-state index in [9.17, 15) is 28.0 Å². The lowest BCUT2D eigenvalue weighted by Gasteiger charge is -2.34. The second kappa shape index (κ2) is 14.8. The molecule has 2 aliphatic carbocycles. The van der Waals surface area contributed by atoms with E-state index in [0.29, 0.717) is 54.3 Å². The van der Waals surface area contributed by atoms with Gasteiger partial charge in [0.15, 0.2) is 5.65 Å². The van der Waals surface area contributed by atoms with Gasteiger partial charge in [-0.2, -0.15) is 5.10 Å². The van der Waals surface area contributed by atoms with Gasteiger partial charge in [-0.05, 0) is 98.5 Å². The van der Waals surface area contributed by atoms with Crippen molar-refractivity contribution in [3.8, 4) is 0 Å². The Morgan fingerprint density at radius 2 is 1.42 bits per heavy atom. The summed E-state index contributed by atoms with van der Waals surface area (Å²) >= 11 is 0. The topological polar surface area (TPSA) is 132 Å². The fraction of sp³-hybridized carbons (Fsp3) is 0.432. The first-order valence-electron chi connectivity index (χ1n) is 20.9. The van der Waals surface area contributed by atoms with E-state index in [1.807, 2.05) is 52.3 Å². The molecule has 60 heavy (non-hydrogen) atoms. The van der Waals surface area contributed by atoms with E-state index in [-0.39, 0.29) is 67.3 Å². The molecule has 5 aliphatic rings. The lowest BCUT2D eigenvalue weighted by molar-refractivity contribution is -0.0494. The van der Waals surface area contributed by atoms with Crippen LogP contribution in [0.15, 0.2) is 78.0 Å². The molecule has 1 aromatic carbocycles. The standard InChI is InChI=1S/C44H46F2N10O4/c1-50-43(60)54-18-14-35(22-39(54)49-50)56(33-8-9-33)38-13-5-30(24-48-38)41(58)52-17-2-3-28(25-52)26-53-27-31-21-34(10-11-36(31)42(53)59)55(32-6-7-32)37-12-4-29(23-47-37)40(57)51-19-15-44(45,46)16-20-51/h4-5,10-14,18,21-24,28,32-33H,2-3,6-9,15-17,19-20,25-27H2,1H3. The predicted octanol–water partition coefficient (Wildman–Crippen LogP) is 5.80. The van der Waals surface area contributed by atoms with Gasteiger partial charge in [0.05, 0.1) is 11.1 Å². The van der Waals surface area contributed by atoms with Crippen LogP contribution >= 0.6 is 0 Å². The Morgan fingerprint density at radius 3 is 2.03 bits per heavy atom. The van der Waals surface area contributed by atoms with Gasteiger partial charge in [0.2, 0.25) is 0 Å². The van der Waals surface area contributed by atoms with Gasteiger partial charge in [-0.1, -0.05) is 0 Å². The smallest absolute Gasteiger partial charge is 0.338 e. The average Bonchev–Trinajstić information content (AvgIpc) is 4.20. The molecule has 0 bridgehead atoms. The minimum atomic E-state index is -2.73. The molecule has 14 nitrogen and oxygen atoms in total. The molecule has 2 saturated carbocycles. The van der Waals surface area contributed by atoms with Gasteiger partial charge in [-0.15, -0.1) is 0 Å². The Labute approximate surface area is 345 Å². The Hall–Kier alpha value is -6.19. The van der Waals surface area contributed by atoms with Crippen LogP contribution < -0.4 is 15.5 Å². The number of alkyl halides is 2. The summed E-state index contributed by atoms with van der Waals surface area (Å²) in [6, 6.07) is 17.5. The number of aromatic nitrogens is 5. The molecular formula is C44H46F2N10O4. The summed E-state index contributed by atoms with van der Waals surface area (Å²) in [6.07, 6.45) is 10.0. The van der Waals surface area contributed by atoms with Crippen LogP contribution in [-0.4, -0.2) is 107 Å². The van der Waals surface area contributed by atoms with E-state index >= 15 is 0 Å². The van der Waals surface area contributed by atoms with Crippen molar-refractivity contribution in [2.75, 3.05) is 42.5 Å². The predicted molar refractivity (Wildman–Crippen MR) is 219 cm³/mol. The third kappa shape index (κ3) is 7.25. The van der Waals surface area contributed by atoms with Crippen LogP contribution in [0, 0.1) is 5.92 Å². The maximum Gasteiger partial charge on any atom is 0.350 e. The van der Waals surface area contributed by atoms with Crippen molar-refractivity contribution in [1.29, 1.82) is 0 Å². The third-order valence-corrected chi connectivity index (χ3v) is 12.6. The summed E-state index contributed by atoms with van der Waals surface area (Å²) in [4.78, 5) is 71.9. The number of amides is 3. The molecule has 3 aliphatic heterocycles. The van der Waals surface area contributed by atoms with Gasteiger partial charge in [-0.3, -0.25) is 18.8 Å². The first-order valence-corrected chi connectivity index (χ1v) is 20.9. The highest BCUT2D eigenvalue weighted by atomic mass is 19.3. The van der Waals surface area contributed by atoms with Crippen molar-refractivity contribution in [2.45, 2.75) is 75.9 Å². The van der Waals surface area contributed by atoms with E-state index < -0.39 is 5.92 Å². The largest absolute Gasteiger partial charge is 0.350 e. The van der Waals surface area contributed by atoms with Crippen molar-refractivity contribution in [3.05, 3.63) is 106 Å². The van der Waals surface area contributed by atoms with Crippen molar-refractivity contribution >= 4 is 46.4 Å². The summed E-state index contributed by atoms with van der Waals surface area (Å²) < 4.78 is 30.2. The molecule has 310 valence electrons. The van der Waals surface area contributed by atoms with Gasteiger partial charge in [0.1, 0.15) is 11.6 Å². The lowest BCUT2D eigenvalue weighted by atomic mass is 9.97. The quantitative estimate of drug-likeness (QED) is 0.172. The molecule has 3 amide bonds. The fourth-order valence-electron chi connectivity index (χ4n) is 9.03. The van der Waals surface area contributed by atoms with Crippen molar-refractivity contribution in [3.63, 3.8) is 0 Å². The molecule has 4 fully saturated rings. The number of halogens is 2. The first-order chi connectivity index (χ1) is 29.0. The molecular weight excluding hydrogens is 771 g/mol. The van der Waals surface area contributed by atoms with Crippen LogP contribution in [0.2, 0.25) is 0 Å². The highest BCUT2D eigenvalue weighted by Gasteiger charge is 2.38. The summed E-state index contributed by atoms with van der Waals surface area (Å²) in [7, 11) is 1.63. The summed E-state index contributed by atoms with van der Waals surface area (Å²) in [6.45, 7) is 2.26. The molecule has 7 heterocycles. The molecule has 0 spiro atoms. The third-order valence-electron chi connectivity index (χ3n) is 12.6. The summed E-state index contributed by atoms with van der Waals surface area (Å²) in [5, 5.41) is 4.34. The number of fused-ring (bicyclic) bond motifs is 2. The normalized spacial score (nSPS) is 20.1. The number of anilines is 4. The molecule has 10 rings (SSSR count). The molecule has 2 saturated heterocycles. The van der Waals surface area contributed by atoms with Crippen LogP contribution in [-0.2, 0) is 13.6 Å². The summed E-state index contributed by atoms with van der Waals surface area (Å²) in [5.41, 5.74) is 4.69. The zero-order chi connectivity index (χ0) is 41.3. The molecule has 0 N–H and O–H groups in total. The Balaban J connectivity index is 0.781. The van der Waals surface area contributed by atoms with E-state index in [1.165, 1.54) is 20.2 Å². The van der Waals surface area contributed by atoms with Gasteiger partial charge in [0, 0.05) is 113 Å². The molecule has 16 heteroatoms. The van der Waals surface area contributed by atoms with Gasteiger partial charge in [-0.25, -0.2) is 28.2 Å². The number of carbonyl (C=O) groups excluding carboxylic acids is 3. The lowest BCUT2D eigenvalue weighted by Crippen LogP contribution is -2.44. The van der Waals surface area contributed by atoms with Crippen LogP contribution in [0.5, 0.6) is 0 Å². The number of carbonyl (C=O) groups is 3. The maximum absolute atomic E-state index is 13.8. The molecule has 1 unspecified atom stereocenters. The number of benzene rings is 1. The van der Waals surface area contributed by atoms with E-state index in [4.69, 9.17) is 4.98 Å². The van der Waals surface area contributed by atoms with Crippen molar-refractivity contribution in [2.24, 2.45) is 13.0 Å². The summed E-state index contributed by atoms with van der Waals surface area (Å²) in [5.74, 6) is -1.55. The second-order valence-corrected chi connectivity index (χ2v) is 17.0. The monoisotopic (exact) mass is 816 g/mol. The highest BCUT2D eigenvalue weighted by Crippen LogP contribution is 2.40. The SMILES string of the molecule is Cn1nc2cc(N(c3ccc(C(=O)N4CCCC(CN5Cc6cc(N(c7ccc(C(=O)N8CCC(F)(F)CC8)cn7)C7CC7)ccc6C5=O)C4)cn3)C3CC3)ccn2c1=O. The molecule has 5 aromatic rings. The average molecular weight is 817 g/mol. The number of piperidine rings is 2. The van der Waals surface area contributed by atoms with Gasteiger partial charge < -0.3 is 24.5 Å². The van der Waals surface area contributed by atoms with E-state index in [0.717, 1.165) is 61.3 Å². The Kier molecular flexibility index (Phi) is 9.39. The highest BCUT2D eigenvalue weighted by molar-refractivity contribution is 5.99. The second-order valence-electron chi connectivity index (χ2n) is 17.0. The van der Waals surface area contributed by atoms with E-state index in [1.54, 1.807) is 25.5 Å². The zero-order valence-electron chi connectivity index (χ0n) is 33.4. The van der Waals surface area contributed by atoms with Crippen LogP contribution in [0.4, 0.5) is 31.8 Å². The zero-order valence-corrected chi connectivity index (χ0v) is 33.4. The maximum atomic E-state index is 13.8.